The van der Waals surface area contributed by atoms with E-state index in [1.807, 2.05) is 0 Å². The van der Waals surface area contributed by atoms with Gasteiger partial charge in [0.1, 0.15) is 0 Å². The van der Waals surface area contributed by atoms with Crippen LogP contribution in [0.15, 0.2) is 30.3 Å². The second-order valence-corrected chi connectivity index (χ2v) is 2.27. The maximum atomic E-state index is 11.6. The molecular formula is C8H7F3N-. The smallest absolute Gasteiger partial charge is 0.312 e. The molecule has 0 atom stereocenters. The van der Waals surface area contributed by atoms with E-state index in [0.29, 0.717) is 5.56 Å². The molecule has 0 fully saturated rings. The van der Waals surface area contributed by atoms with Crippen LogP contribution in [0.2, 0.25) is 0 Å². The number of hydrogen-bond donors (Lipinski definition) is 0. The minimum Gasteiger partial charge on any atom is -0.566 e. The highest BCUT2D eigenvalue weighted by Gasteiger charge is 2.11. The van der Waals surface area contributed by atoms with Crippen LogP contribution in [0.25, 0.3) is 5.32 Å². The minimum absolute atomic E-state index is 0.301. The standard InChI is InChI=1S/C8H7F3N/c9-8(10,11)12-6-7-4-2-1-3-5-7/h1-5H,6H2/q-1. The van der Waals surface area contributed by atoms with Crippen molar-refractivity contribution in [1.82, 2.24) is 0 Å². The molecule has 0 aliphatic carbocycles. The zero-order valence-corrected chi connectivity index (χ0v) is 6.17. The number of hydrogen-bond acceptors (Lipinski definition) is 0. The first-order valence-corrected chi connectivity index (χ1v) is 3.37. The lowest BCUT2D eigenvalue weighted by molar-refractivity contribution is -0.0932. The predicted octanol–water partition coefficient (Wildman–Crippen LogP) is 3.08. The van der Waals surface area contributed by atoms with E-state index in [-0.39, 0.29) is 6.54 Å². The van der Waals surface area contributed by atoms with Gasteiger partial charge in [-0.05, 0) is 0 Å². The lowest BCUT2D eigenvalue weighted by atomic mass is 10.2. The summed E-state index contributed by atoms with van der Waals surface area (Å²) in [5, 5.41) is 2.53. The topological polar surface area (TPSA) is 14.1 Å². The number of alkyl halides is 3. The van der Waals surface area contributed by atoms with Gasteiger partial charge in [0.2, 0.25) is 0 Å². The Labute approximate surface area is 68.2 Å². The van der Waals surface area contributed by atoms with Crippen LogP contribution in [-0.4, -0.2) is 6.30 Å². The Hall–Kier alpha value is -1.03. The molecule has 4 heteroatoms. The molecule has 1 rings (SSSR count). The quantitative estimate of drug-likeness (QED) is 0.611. The van der Waals surface area contributed by atoms with Crippen LogP contribution in [-0.2, 0) is 6.54 Å². The lowest BCUT2D eigenvalue weighted by Crippen LogP contribution is -2.05. The Morgan fingerprint density at radius 3 is 2.17 bits per heavy atom. The van der Waals surface area contributed by atoms with Crippen LogP contribution in [0.3, 0.4) is 0 Å². The molecule has 0 aliphatic rings. The van der Waals surface area contributed by atoms with Gasteiger partial charge in [-0.15, -0.1) is 6.54 Å². The second kappa shape index (κ2) is 3.58. The average molecular weight is 174 g/mol. The molecule has 0 spiro atoms. The molecule has 0 unspecified atom stereocenters. The van der Waals surface area contributed by atoms with E-state index in [9.17, 15) is 13.2 Å². The molecule has 12 heavy (non-hydrogen) atoms. The van der Waals surface area contributed by atoms with Gasteiger partial charge in [0, 0.05) is 0 Å². The first kappa shape index (κ1) is 9.06. The third kappa shape index (κ3) is 3.39. The highest BCUT2D eigenvalue weighted by Crippen LogP contribution is 2.24. The zero-order chi connectivity index (χ0) is 9.03. The number of halogens is 3. The van der Waals surface area contributed by atoms with E-state index < -0.39 is 6.30 Å². The van der Waals surface area contributed by atoms with Crippen LogP contribution >= 0.6 is 0 Å². The van der Waals surface area contributed by atoms with Gasteiger partial charge >= 0.3 is 6.30 Å². The van der Waals surface area contributed by atoms with Crippen molar-refractivity contribution >= 4 is 0 Å². The molecule has 0 N–H and O–H groups in total. The number of rotatable bonds is 2. The molecule has 0 saturated heterocycles. The van der Waals surface area contributed by atoms with E-state index in [1.54, 1.807) is 30.3 Å². The van der Waals surface area contributed by atoms with Crippen LogP contribution < -0.4 is 0 Å². The van der Waals surface area contributed by atoms with E-state index in [0.717, 1.165) is 0 Å². The Morgan fingerprint density at radius 1 is 1.08 bits per heavy atom. The third-order valence-corrected chi connectivity index (χ3v) is 1.28. The average Bonchev–Trinajstić information content (AvgIpc) is 2.02. The summed E-state index contributed by atoms with van der Waals surface area (Å²) in [6.45, 7) is -0.301. The maximum absolute atomic E-state index is 11.6. The molecule has 66 valence electrons. The fraction of sp³-hybridized carbons (Fsp3) is 0.250. The van der Waals surface area contributed by atoms with Gasteiger partial charge in [-0.2, -0.15) is 13.2 Å². The first-order chi connectivity index (χ1) is 5.58. The molecule has 0 saturated carbocycles. The molecule has 0 amide bonds. The molecular weight excluding hydrogens is 167 g/mol. The molecule has 0 aliphatic heterocycles. The zero-order valence-electron chi connectivity index (χ0n) is 6.17. The highest BCUT2D eigenvalue weighted by atomic mass is 19.4. The van der Waals surface area contributed by atoms with Crippen molar-refractivity contribution in [2.24, 2.45) is 0 Å². The van der Waals surface area contributed by atoms with Crippen molar-refractivity contribution in [2.75, 3.05) is 0 Å². The van der Waals surface area contributed by atoms with Crippen LogP contribution in [0.1, 0.15) is 5.56 Å². The Bertz CT molecular complexity index is 230. The minimum atomic E-state index is -4.42. The van der Waals surface area contributed by atoms with Crippen LogP contribution in [0.4, 0.5) is 13.2 Å². The summed E-state index contributed by atoms with van der Waals surface area (Å²) in [6.07, 6.45) is -4.42. The monoisotopic (exact) mass is 174 g/mol. The summed E-state index contributed by atoms with van der Waals surface area (Å²) in [5.41, 5.74) is 0.565. The van der Waals surface area contributed by atoms with Crippen LogP contribution in [0, 0.1) is 0 Å². The van der Waals surface area contributed by atoms with Gasteiger partial charge in [0.15, 0.2) is 0 Å². The number of benzene rings is 1. The van der Waals surface area contributed by atoms with E-state index in [2.05, 4.69) is 5.32 Å². The van der Waals surface area contributed by atoms with Crippen molar-refractivity contribution in [3.05, 3.63) is 41.2 Å². The molecule has 1 aromatic rings. The summed E-state index contributed by atoms with van der Waals surface area (Å²) >= 11 is 0. The fourth-order valence-corrected chi connectivity index (χ4v) is 0.764. The maximum Gasteiger partial charge on any atom is 0.312 e. The van der Waals surface area contributed by atoms with E-state index in [1.165, 1.54) is 0 Å². The van der Waals surface area contributed by atoms with E-state index in [4.69, 9.17) is 0 Å². The number of nitrogens with zero attached hydrogens (tertiary/aromatic N) is 1. The van der Waals surface area contributed by atoms with Crippen molar-refractivity contribution in [1.29, 1.82) is 0 Å². The third-order valence-electron chi connectivity index (χ3n) is 1.28. The summed E-state index contributed by atoms with van der Waals surface area (Å²) in [5.74, 6) is 0. The Balaban J connectivity index is 2.44. The van der Waals surface area contributed by atoms with Gasteiger partial charge in [-0.1, -0.05) is 35.9 Å². The molecule has 0 heterocycles. The largest absolute Gasteiger partial charge is 0.566 e. The normalized spacial score (nSPS) is 11.6. The molecule has 0 radical (unpaired) electrons. The van der Waals surface area contributed by atoms with Gasteiger partial charge in [0.25, 0.3) is 0 Å². The Kier molecular flexibility index (Phi) is 2.70. The summed E-state index contributed by atoms with van der Waals surface area (Å²) < 4.78 is 34.7. The summed E-state index contributed by atoms with van der Waals surface area (Å²) in [4.78, 5) is 0. The predicted molar refractivity (Wildman–Crippen MR) is 39.6 cm³/mol. The van der Waals surface area contributed by atoms with Gasteiger partial charge in [-0.3, -0.25) is 0 Å². The molecule has 0 aromatic heterocycles. The van der Waals surface area contributed by atoms with E-state index >= 15 is 0 Å². The fourth-order valence-electron chi connectivity index (χ4n) is 0.764. The SMILES string of the molecule is FC(F)(F)[N-]Cc1ccccc1. The van der Waals surface area contributed by atoms with Crippen molar-refractivity contribution in [2.45, 2.75) is 12.8 Å². The molecule has 0 bridgehead atoms. The van der Waals surface area contributed by atoms with Crippen LogP contribution in [0.5, 0.6) is 0 Å². The van der Waals surface area contributed by atoms with Gasteiger partial charge in [-0.25, -0.2) is 0 Å². The Morgan fingerprint density at radius 2 is 1.67 bits per heavy atom. The van der Waals surface area contributed by atoms with Gasteiger partial charge < -0.3 is 5.32 Å². The van der Waals surface area contributed by atoms with Crippen molar-refractivity contribution in [3.63, 3.8) is 0 Å². The summed E-state index contributed by atoms with van der Waals surface area (Å²) in [6, 6.07) is 8.32. The first-order valence-electron chi connectivity index (χ1n) is 3.37. The molecule has 1 nitrogen and oxygen atoms in total. The molecule has 1 aromatic carbocycles. The second-order valence-electron chi connectivity index (χ2n) is 2.27. The lowest BCUT2D eigenvalue weighted by Gasteiger charge is -2.23. The van der Waals surface area contributed by atoms with Crippen molar-refractivity contribution in [3.8, 4) is 0 Å². The van der Waals surface area contributed by atoms with Crippen molar-refractivity contribution < 1.29 is 13.2 Å². The summed E-state index contributed by atoms with van der Waals surface area (Å²) in [7, 11) is 0. The highest BCUT2D eigenvalue weighted by molar-refractivity contribution is 5.17. The van der Waals surface area contributed by atoms with Gasteiger partial charge in [0.05, 0.1) is 0 Å².